The van der Waals surface area contributed by atoms with E-state index in [1.165, 1.54) is 0 Å². The molecule has 6 heteroatoms. The summed E-state index contributed by atoms with van der Waals surface area (Å²) < 4.78 is 5.00. The fraction of sp³-hybridized carbons (Fsp3) is 0.538. The lowest BCUT2D eigenvalue weighted by molar-refractivity contribution is 0.0696. The Labute approximate surface area is 112 Å². The summed E-state index contributed by atoms with van der Waals surface area (Å²) in [4.78, 5) is 17.4. The molecule has 0 aromatic carbocycles. The molecule has 2 N–H and O–H groups in total. The number of aromatic nitrogens is 1. The third-order valence-corrected chi connectivity index (χ3v) is 2.77. The summed E-state index contributed by atoms with van der Waals surface area (Å²) in [6.45, 7) is 4.72. The maximum atomic E-state index is 11.4. The van der Waals surface area contributed by atoms with Crippen molar-refractivity contribution < 1.29 is 19.7 Å². The van der Waals surface area contributed by atoms with Gasteiger partial charge in [-0.25, -0.2) is 9.78 Å². The van der Waals surface area contributed by atoms with Crippen molar-refractivity contribution in [3.63, 3.8) is 0 Å². The Bertz CT molecular complexity index is 449. The lowest BCUT2D eigenvalue weighted by Gasteiger charge is -2.25. The molecule has 1 aromatic heterocycles. The molecule has 19 heavy (non-hydrogen) atoms. The fourth-order valence-corrected chi connectivity index (χ4v) is 1.96. The number of methoxy groups -OCH3 is 1. The Hall–Kier alpha value is -1.66. The summed E-state index contributed by atoms with van der Waals surface area (Å²) >= 11 is 0. The van der Waals surface area contributed by atoms with E-state index in [2.05, 4.69) is 4.98 Å². The van der Waals surface area contributed by atoms with Crippen LogP contribution in [0.15, 0.2) is 6.07 Å². The number of hydrogen-bond acceptors (Lipinski definition) is 5. The minimum atomic E-state index is -1.01. The first kappa shape index (κ1) is 15.4. The van der Waals surface area contributed by atoms with Crippen LogP contribution < -0.4 is 4.90 Å². The fourth-order valence-electron chi connectivity index (χ4n) is 1.96. The minimum Gasteiger partial charge on any atom is -0.478 e. The first-order chi connectivity index (χ1) is 9.01. The van der Waals surface area contributed by atoms with Crippen molar-refractivity contribution in [1.29, 1.82) is 0 Å². The molecular formula is C13H20N2O4. The SMILES string of the molecule is COCCN(CCO)c1nc(C)cc(C)c1C(=O)O. The Morgan fingerprint density at radius 1 is 1.42 bits per heavy atom. The molecule has 0 fully saturated rings. The van der Waals surface area contributed by atoms with Crippen molar-refractivity contribution in [2.45, 2.75) is 13.8 Å². The summed E-state index contributed by atoms with van der Waals surface area (Å²) in [6.07, 6.45) is 0. The number of pyridine rings is 1. The van der Waals surface area contributed by atoms with Crippen LogP contribution in [0.5, 0.6) is 0 Å². The Balaban J connectivity index is 3.22. The van der Waals surface area contributed by atoms with Gasteiger partial charge in [-0.05, 0) is 25.5 Å². The zero-order valence-electron chi connectivity index (χ0n) is 11.5. The van der Waals surface area contributed by atoms with Crippen LogP contribution in [0.2, 0.25) is 0 Å². The summed E-state index contributed by atoms with van der Waals surface area (Å²) in [5, 5.41) is 18.4. The predicted molar refractivity (Wildman–Crippen MR) is 71.8 cm³/mol. The molecule has 0 aliphatic rings. The smallest absolute Gasteiger partial charge is 0.339 e. The number of anilines is 1. The first-order valence-corrected chi connectivity index (χ1v) is 6.07. The van der Waals surface area contributed by atoms with Crippen molar-refractivity contribution in [2.75, 3.05) is 38.3 Å². The van der Waals surface area contributed by atoms with Crippen LogP contribution in [-0.4, -0.2) is 54.6 Å². The molecule has 106 valence electrons. The zero-order valence-corrected chi connectivity index (χ0v) is 11.5. The second-order valence-electron chi connectivity index (χ2n) is 4.29. The maximum Gasteiger partial charge on any atom is 0.339 e. The Morgan fingerprint density at radius 2 is 2.11 bits per heavy atom. The van der Waals surface area contributed by atoms with E-state index in [1.807, 2.05) is 6.92 Å². The van der Waals surface area contributed by atoms with Crippen molar-refractivity contribution in [3.05, 3.63) is 22.9 Å². The summed E-state index contributed by atoms with van der Waals surface area (Å²) in [5.74, 6) is -0.628. The molecule has 0 aliphatic heterocycles. The number of aryl methyl sites for hydroxylation is 2. The third-order valence-electron chi connectivity index (χ3n) is 2.77. The molecule has 1 aromatic rings. The molecule has 1 heterocycles. The highest BCUT2D eigenvalue weighted by Crippen LogP contribution is 2.22. The molecule has 0 unspecified atom stereocenters. The van der Waals surface area contributed by atoms with Crippen molar-refractivity contribution in [1.82, 2.24) is 4.98 Å². The summed E-state index contributed by atoms with van der Waals surface area (Å²) in [5.41, 5.74) is 1.59. The van der Waals surface area contributed by atoms with E-state index in [0.29, 0.717) is 31.1 Å². The highest BCUT2D eigenvalue weighted by molar-refractivity contribution is 5.95. The molecule has 0 bridgehead atoms. The van der Waals surface area contributed by atoms with Gasteiger partial charge in [0.1, 0.15) is 11.4 Å². The van der Waals surface area contributed by atoms with Crippen LogP contribution in [0.25, 0.3) is 0 Å². The number of hydrogen-bond donors (Lipinski definition) is 2. The number of carboxylic acids is 1. The molecule has 0 radical (unpaired) electrons. The quantitative estimate of drug-likeness (QED) is 0.762. The van der Waals surface area contributed by atoms with Gasteiger partial charge in [0.05, 0.1) is 13.2 Å². The first-order valence-electron chi connectivity index (χ1n) is 6.07. The van der Waals surface area contributed by atoms with Gasteiger partial charge in [0.15, 0.2) is 0 Å². The number of ether oxygens (including phenoxy) is 1. The van der Waals surface area contributed by atoms with Crippen LogP contribution in [0, 0.1) is 13.8 Å². The monoisotopic (exact) mass is 268 g/mol. The highest BCUT2D eigenvalue weighted by Gasteiger charge is 2.20. The van der Waals surface area contributed by atoms with E-state index in [9.17, 15) is 9.90 Å². The van der Waals surface area contributed by atoms with E-state index in [0.717, 1.165) is 5.69 Å². The second kappa shape index (κ2) is 7.06. The molecule has 0 spiro atoms. The zero-order chi connectivity index (χ0) is 14.4. The normalized spacial score (nSPS) is 10.5. The van der Waals surface area contributed by atoms with Crippen molar-refractivity contribution >= 4 is 11.8 Å². The lowest BCUT2D eigenvalue weighted by Crippen LogP contribution is -2.32. The summed E-state index contributed by atoms with van der Waals surface area (Å²) in [7, 11) is 1.57. The van der Waals surface area contributed by atoms with E-state index >= 15 is 0 Å². The second-order valence-corrected chi connectivity index (χ2v) is 4.29. The molecule has 0 aliphatic carbocycles. The van der Waals surface area contributed by atoms with Gasteiger partial charge in [0.25, 0.3) is 0 Å². The standard InChI is InChI=1S/C13H20N2O4/c1-9-8-10(2)14-12(11(9)13(17)18)15(4-6-16)5-7-19-3/h8,16H,4-7H2,1-3H3,(H,17,18). The Kier molecular flexibility index (Phi) is 5.72. The van der Waals surface area contributed by atoms with Crippen molar-refractivity contribution in [3.8, 4) is 0 Å². The van der Waals surface area contributed by atoms with Gasteiger partial charge in [-0.1, -0.05) is 0 Å². The number of rotatable bonds is 7. The van der Waals surface area contributed by atoms with Crippen molar-refractivity contribution in [2.24, 2.45) is 0 Å². The van der Waals surface area contributed by atoms with Gasteiger partial charge in [-0.3, -0.25) is 0 Å². The highest BCUT2D eigenvalue weighted by atomic mass is 16.5. The number of nitrogens with zero attached hydrogens (tertiary/aromatic N) is 2. The largest absolute Gasteiger partial charge is 0.478 e. The molecule has 1 rings (SSSR count). The third kappa shape index (κ3) is 3.90. The van der Waals surface area contributed by atoms with Crippen LogP contribution in [-0.2, 0) is 4.74 Å². The molecule has 6 nitrogen and oxygen atoms in total. The number of aromatic carboxylic acids is 1. The predicted octanol–water partition coefficient (Wildman–Crippen LogP) is 0.842. The average Bonchev–Trinajstić information content (AvgIpc) is 2.32. The molecule has 0 amide bonds. The van der Waals surface area contributed by atoms with E-state index in [1.54, 1.807) is 25.0 Å². The van der Waals surface area contributed by atoms with Gasteiger partial charge >= 0.3 is 5.97 Å². The number of aliphatic hydroxyl groups excluding tert-OH is 1. The lowest BCUT2D eigenvalue weighted by atomic mass is 10.1. The molecule has 0 atom stereocenters. The Morgan fingerprint density at radius 3 is 2.63 bits per heavy atom. The van der Waals surface area contributed by atoms with Crippen LogP contribution in [0.4, 0.5) is 5.82 Å². The molecule has 0 saturated heterocycles. The molecule has 0 saturated carbocycles. The van der Waals surface area contributed by atoms with E-state index < -0.39 is 5.97 Å². The number of carboxylic acid groups (broad SMARTS) is 1. The van der Waals surface area contributed by atoms with Gasteiger partial charge in [-0.2, -0.15) is 0 Å². The topological polar surface area (TPSA) is 82.9 Å². The van der Waals surface area contributed by atoms with Gasteiger partial charge in [0, 0.05) is 25.9 Å². The maximum absolute atomic E-state index is 11.4. The summed E-state index contributed by atoms with van der Waals surface area (Å²) in [6, 6.07) is 1.74. The van der Waals surface area contributed by atoms with E-state index in [4.69, 9.17) is 9.84 Å². The van der Waals surface area contributed by atoms with Crippen LogP contribution >= 0.6 is 0 Å². The number of aliphatic hydroxyl groups is 1. The van der Waals surface area contributed by atoms with Crippen LogP contribution in [0.1, 0.15) is 21.6 Å². The van der Waals surface area contributed by atoms with E-state index in [-0.39, 0.29) is 12.2 Å². The van der Waals surface area contributed by atoms with Crippen LogP contribution in [0.3, 0.4) is 0 Å². The minimum absolute atomic E-state index is 0.0720. The number of carbonyl (C=O) groups is 1. The molecular weight excluding hydrogens is 248 g/mol. The van der Waals surface area contributed by atoms with Gasteiger partial charge in [-0.15, -0.1) is 0 Å². The van der Waals surface area contributed by atoms with Gasteiger partial charge < -0.3 is 19.8 Å². The average molecular weight is 268 g/mol. The van der Waals surface area contributed by atoms with Gasteiger partial charge in [0.2, 0.25) is 0 Å².